The number of aliphatic hydroxyl groups excluding tert-OH is 1. The third-order valence-electron chi connectivity index (χ3n) is 2.28. The first kappa shape index (κ1) is 13.9. The van der Waals surface area contributed by atoms with Gasteiger partial charge in [0.1, 0.15) is 0 Å². The average molecular weight is 234 g/mol. The molecule has 16 heavy (non-hydrogen) atoms. The average Bonchev–Trinajstić information content (AvgIpc) is 2.34. The third-order valence-corrected chi connectivity index (χ3v) is 2.28. The molecule has 1 aliphatic rings. The summed E-state index contributed by atoms with van der Waals surface area (Å²) in [5, 5.41) is 8.45. The minimum atomic E-state index is -0.0389. The molecule has 0 saturated carbocycles. The van der Waals surface area contributed by atoms with Gasteiger partial charge in [0, 0.05) is 6.61 Å². The van der Waals surface area contributed by atoms with Gasteiger partial charge in [-0.15, -0.1) is 0 Å². The van der Waals surface area contributed by atoms with E-state index in [1.807, 2.05) is 0 Å². The van der Waals surface area contributed by atoms with Crippen LogP contribution in [0.5, 0.6) is 0 Å². The van der Waals surface area contributed by atoms with E-state index in [2.05, 4.69) is 0 Å². The van der Waals surface area contributed by atoms with Gasteiger partial charge in [-0.25, -0.2) is 0 Å². The lowest BCUT2D eigenvalue weighted by Gasteiger charge is -2.22. The van der Waals surface area contributed by atoms with E-state index in [1.54, 1.807) is 0 Å². The van der Waals surface area contributed by atoms with Crippen LogP contribution in [-0.2, 0) is 18.9 Å². The molecule has 1 saturated heterocycles. The van der Waals surface area contributed by atoms with E-state index in [0.29, 0.717) is 33.0 Å². The SMILES string of the molecule is OCCOCCOCCO[C@@H]1CCCCO1. The summed E-state index contributed by atoms with van der Waals surface area (Å²) in [5.41, 5.74) is 0. The van der Waals surface area contributed by atoms with E-state index in [4.69, 9.17) is 24.1 Å². The molecule has 1 atom stereocenters. The maximum Gasteiger partial charge on any atom is 0.157 e. The minimum Gasteiger partial charge on any atom is -0.394 e. The van der Waals surface area contributed by atoms with Crippen LogP contribution in [0.25, 0.3) is 0 Å². The van der Waals surface area contributed by atoms with E-state index >= 15 is 0 Å². The molecular weight excluding hydrogens is 212 g/mol. The Kier molecular flexibility index (Phi) is 8.65. The number of hydrogen-bond donors (Lipinski definition) is 1. The van der Waals surface area contributed by atoms with Gasteiger partial charge in [0.25, 0.3) is 0 Å². The molecule has 0 bridgehead atoms. The zero-order valence-electron chi connectivity index (χ0n) is 9.73. The van der Waals surface area contributed by atoms with E-state index < -0.39 is 0 Å². The highest BCUT2D eigenvalue weighted by Gasteiger charge is 2.13. The lowest BCUT2D eigenvalue weighted by molar-refractivity contribution is -0.169. The van der Waals surface area contributed by atoms with Gasteiger partial charge in [0.2, 0.25) is 0 Å². The van der Waals surface area contributed by atoms with Gasteiger partial charge in [-0.1, -0.05) is 0 Å². The van der Waals surface area contributed by atoms with E-state index in [9.17, 15) is 0 Å². The molecule has 1 N–H and O–H groups in total. The summed E-state index contributed by atoms with van der Waals surface area (Å²) in [6.07, 6.45) is 3.27. The van der Waals surface area contributed by atoms with Crippen molar-refractivity contribution >= 4 is 0 Å². The molecule has 96 valence electrons. The molecule has 5 heteroatoms. The summed E-state index contributed by atoms with van der Waals surface area (Å²) in [6, 6.07) is 0. The standard InChI is InChI=1S/C11H22O5/c12-4-6-13-7-8-14-9-10-16-11-3-1-2-5-15-11/h11-12H,1-10H2/t11-/m1/s1. The van der Waals surface area contributed by atoms with Crippen LogP contribution in [0.15, 0.2) is 0 Å². The van der Waals surface area contributed by atoms with Crippen LogP contribution in [0.4, 0.5) is 0 Å². The van der Waals surface area contributed by atoms with Gasteiger partial charge >= 0.3 is 0 Å². The van der Waals surface area contributed by atoms with Crippen molar-refractivity contribution in [2.75, 3.05) is 46.2 Å². The topological polar surface area (TPSA) is 57.2 Å². The first-order valence-corrected chi connectivity index (χ1v) is 5.93. The van der Waals surface area contributed by atoms with Crippen molar-refractivity contribution in [3.8, 4) is 0 Å². The first-order chi connectivity index (χ1) is 7.93. The summed E-state index contributed by atoms with van der Waals surface area (Å²) in [5.74, 6) is 0. The number of rotatable bonds is 9. The van der Waals surface area contributed by atoms with Crippen molar-refractivity contribution in [3.63, 3.8) is 0 Å². The normalized spacial score (nSPS) is 21.2. The third kappa shape index (κ3) is 7.14. The van der Waals surface area contributed by atoms with Crippen LogP contribution in [-0.4, -0.2) is 57.6 Å². The van der Waals surface area contributed by atoms with Crippen molar-refractivity contribution in [3.05, 3.63) is 0 Å². The Balaban J connectivity index is 1.77. The maximum absolute atomic E-state index is 8.45. The molecule has 1 fully saturated rings. The maximum atomic E-state index is 8.45. The molecule has 0 unspecified atom stereocenters. The molecule has 0 aliphatic carbocycles. The highest BCUT2D eigenvalue weighted by Crippen LogP contribution is 2.13. The fourth-order valence-electron chi connectivity index (χ4n) is 1.47. The summed E-state index contributed by atoms with van der Waals surface area (Å²) in [4.78, 5) is 0. The highest BCUT2D eigenvalue weighted by atomic mass is 16.7. The van der Waals surface area contributed by atoms with Gasteiger partial charge < -0.3 is 24.1 Å². The van der Waals surface area contributed by atoms with Gasteiger partial charge in [-0.05, 0) is 19.3 Å². The second kappa shape index (κ2) is 9.99. The number of ether oxygens (including phenoxy) is 4. The molecule has 5 nitrogen and oxygen atoms in total. The zero-order valence-corrected chi connectivity index (χ0v) is 9.73. The summed E-state index contributed by atoms with van der Waals surface area (Å²) < 4.78 is 21.2. The number of hydrogen-bond acceptors (Lipinski definition) is 5. The van der Waals surface area contributed by atoms with E-state index in [1.165, 1.54) is 6.42 Å². The predicted molar refractivity (Wildman–Crippen MR) is 58.3 cm³/mol. The van der Waals surface area contributed by atoms with Crippen LogP contribution in [0, 0.1) is 0 Å². The number of aliphatic hydroxyl groups is 1. The smallest absolute Gasteiger partial charge is 0.157 e. The monoisotopic (exact) mass is 234 g/mol. The first-order valence-electron chi connectivity index (χ1n) is 5.93. The van der Waals surface area contributed by atoms with Crippen LogP contribution < -0.4 is 0 Å². The van der Waals surface area contributed by atoms with Crippen molar-refractivity contribution in [2.24, 2.45) is 0 Å². The van der Waals surface area contributed by atoms with Crippen LogP contribution in [0.2, 0.25) is 0 Å². The lowest BCUT2D eigenvalue weighted by Crippen LogP contribution is -2.24. The summed E-state index contributed by atoms with van der Waals surface area (Å²) in [6.45, 7) is 3.40. The molecule has 1 aliphatic heterocycles. The zero-order chi connectivity index (χ0) is 11.5. The fourth-order valence-corrected chi connectivity index (χ4v) is 1.47. The largest absolute Gasteiger partial charge is 0.394 e. The molecule has 1 rings (SSSR count). The summed E-state index contributed by atoms with van der Waals surface area (Å²) >= 11 is 0. The van der Waals surface area contributed by atoms with Crippen LogP contribution >= 0.6 is 0 Å². The Labute approximate surface area is 96.6 Å². The Morgan fingerprint density at radius 1 is 1.00 bits per heavy atom. The lowest BCUT2D eigenvalue weighted by atomic mass is 10.2. The molecule has 0 spiro atoms. The molecule has 0 radical (unpaired) electrons. The van der Waals surface area contributed by atoms with Crippen LogP contribution in [0.3, 0.4) is 0 Å². The van der Waals surface area contributed by atoms with Crippen molar-refractivity contribution in [1.82, 2.24) is 0 Å². The molecule has 0 aromatic heterocycles. The van der Waals surface area contributed by atoms with E-state index in [0.717, 1.165) is 19.4 Å². The predicted octanol–water partition coefficient (Wildman–Crippen LogP) is 0.555. The fraction of sp³-hybridized carbons (Fsp3) is 1.00. The minimum absolute atomic E-state index is 0.0389. The molecule has 1 heterocycles. The van der Waals surface area contributed by atoms with E-state index in [-0.39, 0.29) is 12.9 Å². The molecule has 0 aromatic carbocycles. The Morgan fingerprint density at radius 3 is 2.44 bits per heavy atom. The molecule has 0 amide bonds. The van der Waals surface area contributed by atoms with Crippen molar-refractivity contribution in [1.29, 1.82) is 0 Å². The van der Waals surface area contributed by atoms with Crippen molar-refractivity contribution < 1.29 is 24.1 Å². The van der Waals surface area contributed by atoms with Gasteiger partial charge in [-0.2, -0.15) is 0 Å². The second-order valence-electron chi connectivity index (χ2n) is 3.62. The van der Waals surface area contributed by atoms with Gasteiger partial charge in [0.15, 0.2) is 6.29 Å². The van der Waals surface area contributed by atoms with Crippen LogP contribution in [0.1, 0.15) is 19.3 Å². The highest BCUT2D eigenvalue weighted by molar-refractivity contribution is 4.53. The quantitative estimate of drug-likeness (QED) is 0.591. The van der Waals surface area contributed by atoms with Gasteiger partial charge in [-0.3, -0.25) is 0 Å². The van der Waals surface area contributed by atoms with Gasteiger partial charge in [0.05, 0.1) is 39.6 Å². The molecule has 0 aromatic rings. The Bertz CT molecular complexity index is 147. The Hall–Kier alpha value is -0.200. The van der Waals surface area contributed by atoms with Crippen molar-refractivity contribution in [2.45, 2.75) is 25.6 Å². The second-order valence-corrected chi connectivity index (χ2v) is 3.62. The Morgan fingerprint density at radius 2 is 1.75 bits per heavy atom. The molecular formula is C11H22O5. The summed E-state index contributed by atoms with van der Waals surface area (Å²) in [7, 11) is 0.